The maximum Gasteiger partial charge on any atom is 0.198 e. The fourth-order valence-corrected chi connectivity index (χ4v) is 2.99. The first-order chi connectivity index (χ1) is 12.5. The number of ether oxygens (including phenoxy) is 2. The predicted octanol–water partition coefficient (Wildman–Crippen LogP) is 5.70. The van der Waals surface area contributed by atoms with Crippen LogP contribution in [0.15, 0.2) is 54.6 Å². The first-order valence-electron chi connectivity index (χ1n) is 8.23. The van der Waals surface area contributed by atoms with Crippen LogP contribution in [-0.4, -0.2) is 0 Å². The lowest BCUT2D eigenvalue weighted by atomic mass is 10.1. The predicted molar refractivity (Wildman–Crippen MR) is 105 cm³/mol. The second-order valence-electron chi connectivity index (χ2n) is 6.19. The average Bonchev–Trinajstić information content (AvgIpc) is 2.63. The van der Waals surface area contributed by atoms with Crippen molar-refractivity contribution in [2.45, 2.75) is 20.8 Å². The molecule has 26 heavy (non-hydrogen) atoms. The van der Waals surface area contributed by atoms with Crippen LogP contribution in [0.1, 0.15) is 16.7 Å². The molecule has 5 heteroatoms. The summed E-state index contributed by atoms with van der Waals surface area (Å²) in [5, 5.41) is 0.416. The Hall–Kier alpha value is -2.84. The van der Waals surface area contributed by atoms with E-state index in [4.69, 9.17) is 15.2 Å². The summed E-state index contributed by atoms with van der Waals surface area (Å²) in [6, 6.07) is 17.1. The van der Waals surface area contributed by atoms with Gasteiger partial charge in [-0.05, 0) is 45.0 Å². The van der Waals surface area contributed by atoms with Crippen molar-refractivity contribution in [3.05, 3.63) is 71.3 Å². The third-order valence-electron chi connectivity index (χ3n) is 4.07. The molecule has 0 atom stereocenters. The topological polar surface area (TPSA) is 61.5 Å². The summed E-state index contributed by atoms with van der Waals surface area (Å²) in [5.74, 6) is 2.37. The third-order valence-corrected chi connectivity index (χ3v) is 4.71. The summed E-state index contributed by atoms with van der Waals surface area (Å²) in [7, 11) is -0.200. The highest BCUT2D eigenvalue weighted by molar-refractivity contribution is 7.35. The first-order valence-corrected chi connectivity index (χ1v) is 9.04. The zero-order chi connectivity index (χ0) is 18.7. The Morgan fingerprint density at radius 1 is 0.808 bits per heavy atom. The van der Waals surface area contributed by atoms with Crippen LogP contribution < -0.4 is 20.5 Å². The molecule has 132 valence electrons. The Morgan fingerprint density at radius 2 is 1.31 bits per heavy atom. The Labute approximate surface area is 154 Å². The van der Waals surface area contributed by atoms with Gasteiger partial charge in [0.2, 0.25) is 0 Å². The lowest BCUT2D eigenvalue weighted by Crippen LogP contribution is -2.09. The number of hydrogen-bond acceptors (Lipinski definition) is 4. The second kappa shape index (κ2) is 7.59. The number of rotatable bonds is 5. The highest BCUT2D eigenvalue weighted by Gasteiger charge is 2.18. The molecule has 0 unspecified atom stereocenters. The Morgan fingerprint density at radius 3 is 1.81 bits per heavy atom. The Kier molecular flexibility index (Phi) is 5.24. The minimum Gasteiger partial charge on any atom is -0.457 e. The minimum atomic E-state index is -0.200. The van der Waals surface area contributed by atoms with Gasteiger partial charge < -0.3 is 15.2 Å². The maximum atomic E-state index is 11.6. The van der Waals surface area contributed by atoms with E-state index in [1.807, 2.05) is 69.3 Å². The molecule has 3 rings (SSSR count). The van der Waals surface area contributed by atoms with Crippen LogP contribution in [0.4, 0.5) is 5.69 Å². The Bertz CT molecular complexity index is 935. The molecular weight excluding hydrogens is 345 g/mol. The van der Waals surface area contributed by atoms with Crippen LogP contribution >= 0.6 is 8.46 Å². The standard InChI is InChI=1S/C21H20NO3P/c1-13-4-8-16(9-5-13)24-19-12-18(22)21(26-23)20(15(19)3)25-17-10-6-14(2)7-11-17/h4-12H,22H2,1-3H3. The van der Waals surface area contributed by atoms with Crippen LogP contribution in [-0.2, 0) is 4.57 Å². The summed E-state index contributed by atoms with van der Waals surface area (Å²) < 4.78 is 23.6. The zero-order valence-corrected chi connectivity index (χ0v) is 15.8. The lowest BCUT2D eigenvalue weighted by Gasteiger charge is -2.17. The number of nitrogen functional groups attached to an aromatic ring is 1. The van der Waals surface area contributed by atoms with Gasteiger partial charge in [0.1, 0.15) is 22.6 Å². The molecule has 0 aliphatic carbocycles. The van der Waals surface area contributed by atoms with Crippen LogP contribution in [0.2, 0.25) is 0 Å². The fourth-order valence-electron chi connectivity index (χ4n) is 2.52. The Balaban J connectivity index is 2.01. The van der Waals surface area contributed by atoms with Gasteiger partial charge in [0.25, 0.3) is 0 Å². The summed E-state index contributed by atoms with van der Waals surface area (Å²) in [6.07, 6.45) is 0. The van der Waals surface area contributed by atoms with Crippen LogP contribution in [0.25, 0.3) is 0 Å². The van der Waals surface area contributed by atoms with Gasteiger partial charge in [0.15, 0.2) is 14.2 Å². The van der Waals surface area contributed by atoms with Crippen LogP contribution in [0.3, 0.4) is 0 Å². The van der Waals surface area contributed by atoms with E-state index in [1.165, 1.54) is 0 Å². The number of nitrogens with two attached hydrogens (primary N) is 1. The van der Waals surface area contributed by atoms with E-state index in [9.17, 15) is 4.57 Å². The van der Waals surface area contributed by atoms with Gasteiger partial charge in [0, 0.05) is 11.6 Å². The van der Waals surface area contributed by atoms with Crippen molar-refractivity contribution >= 4 is 19.5 Å². The van der Waals surface area contributed by atoms with E-state index < -0.39 is 0 Å². The van der Waals surface area contributed by atoms with Crippen LogP contribution in [0, 0.1) is 20.8 Å². The monoisotopic (exact) mass is 365 g/mol. The molecule has 0 saturated heterocycles. The van der Waals surface area contributed by atoms with Gasteiger partial charge in [-0.1, -0.05) is 35.4 Å². The highest BCUT2D eigenvalue weighted by atomic mass is 31.1. The van der Waals surface area contributed by atoms with Crippen molar-refractivity contribution in [2.24, 2.45) is 0 Å². The molecule has 4 nitrogen and oxygen atoms in total. The highest BCUT2D eigenvalue weighted by Crippen LogP contribution is 2.37. The molecule has 0 amide bonds. The molecule has 3 aromatic carbocycles. The second-order valence-corrected chi connectivity index (χ2v) is 6.82. The van der Waals surface area contributed by atoms with Crippen molar-refractivity contribution in [1.29, 1.82) is 0 Å². The number of aryl methyl sites for hydroxylation is 2. The first kappa shape index (κ1) is 18.0. The molecule has 0 fully saturated rings. The molecule has 0 aromatic heterocycles. The van der Waals surface area contributed by atoms with Gasteiger partial charge in [-0.15, -0.1) is 0 Å². The van der Waals surface area contributed by atoms with E-state index in [1.54, 1.807) is 6.07 Å². The van der Waals surface area contributed by atoms with Crippen molar-refractivity contribution in [3.63, 3.8) is 0 Å². The summed E-state index contributed by atoms with van der Waals surface area (Å²) >= 11 is 0. The normalized spacial score (nSPS) is 10.7. The van der Waals surface area contributed by atoms with Crippen LogP contribution in [0.5, 0.6) is 23.0 Å². The zero-order valence-electron chi connectivity index (χ0n) is 14.9. The van der Waals surface area contributed by atoms with E-state index >= 15 is 0 Å². The smallest absolute Gasteiger partial charge is 0.198 e. The minimum absolute atomic E-state index is 0.200. The lowest BCUT2D eigenvalue weighted by molar-refractivity contribution is 0.456. The third kappa shape index (κ3) is 3.87. The number of benzene rings is 3. The SMILES string of the molecule is Cc1ccc(Oc2cc(N)c(P=O)c(Oc3ccc(C)cc3)c2C)cc1. The van der Waals surface area contributed by atoms with Crippen molar-refractivity contribution in [3.8, 4) is 23.0 Å². The molecule has 0 saturated carbocycles. The van der Waals surface area contributed by atoms with Gasteiger partial charge in [-0.2, -0.15) is 0 Å². The summed E-state index contributed by atoms with van der Waals surface area (Å²) in [6.45, 7) is 5.88. The van der Waals surface area contributed by atoms with E-state index in [0.29, 0.717) is 34.0 Å². The molecule has 3 aromatic rings. The molecule has 0 radical (unpaired) electrons. The van der Waals surface area contributed by atoms with Gasteiger partial charge in [0.05, 0.1) is 5.69 Å². The molecule has 0 spiro atoms. The molecule has 0 aliphatic heterocycles. The summed E-state index contributed by atoms with van der Waals surface area (Å²) in [4.78, 5) is 0. The molecule has 2 N–H and O–H groups in total. The van der Waals surface area contributed by atoms with Crippen molar-refractivity contribution in [2.75, 3.05) is 5.73 Å². The largest absolute Gasteiger partial charge is 0.457 e. The van der Waals surface area contributed by atoms with Gasteiger partial charge in [-0.25, -0.2) is 0 Å². The number of hydrogen-bond donors (Lipinski definition) is 1. The van der Waals surface area contributed by atoms with E-state index in [-0.39, 0.29) is 8.46 Å². The quantitative estimate of drug-likeness (QED) is 0.466. The molecule has 0 heterocycles. The number of anilines is 1. The van der Waals surface area contributed by atoms with Gasteiger partial charge in [-0.3, -0.25) is 4.57 Å². The van der Waals surface area contributed by atoms with E-state index in [2.05, 4.69) is 0 Å². The average molecular weight is 365 g/mol. The molecule has 0 bridgehead atoms. The maximum absolute atomic E-state index is 11.6. The molecule has 0 aliphatic rings. The fraction of sp³-hybridized carbons (Fsp3) is 0.143. The van der Waals surface area contributed by atoms with E-state index in [0.717, 1.165) is 16.7 Å². The van der Waals surface area contributed by atoms with Gasteiger partial charge >= 0.3 is 0 Å². The van der Waals surface area contributed by atoms with Crippen molar-refractivity contribution < 1.29 is 14.0 Å². The molecular formula is C21H20NO3P. The summed E-state index contributed by atoms with van der Waals surface area (Å²) in [5.41, 5.74) is 9.47. The van der Waals surface area contributed by atoms with Crippen molar-refractivity contribution in [1.82, 2.24) is 0 Å².